The number of halogens is 1. The number of hydrogen-bond acceptors (Lipinski definition) is 4. The highest BCUT2D eigenvalue weighted by Crippen LogP contribution is 2.35. The molecule has 2 aromatic rings. The number of rotatable bonds is 1. The molecule has 0 spiro atoms. The zero-order valence-electron chi connectivity index (χ0n) is 7.87. The van der Waals surface area contributed by atoms with Crippen molar-refractivity contribution >= 4 is 27.5 Å². The lowest BCUT2D eigenvalue weighted by molar-refractivity contribution is 0.457. The average Bonchev–Trinajstić information content (AvgIpc) is 2.85. The smallest absolute Gasteiger partial charge is 0.110 e. The molecule has 3 rings (SSSR count). The van der Waals surface area contributed by atoms with Gasteiger partial charge in [0.05, 0.1) is 27.9 Å². The summed E-state index contributed by atoms with van der Waals surface area (Å²) >= 11 is 5.04. The lowest BCUT2D eigenvalue weighted by Crippen LogP contribution is -2.29. The summed E-state index contributed by atoms with van der Waals surface area (Å²) in [6, 6.07) is 2.27. The Kier molecular flexibility index (Phi) is 2.38. The van der Waals surface area contributed by atoms with E-state index in [2.05, 4.69) is 25.6 Å². The predicted octanol–water partition coefficient (Wildman–Crippen LogP) is 2.73. The van der Waals surface area contributed by atoms with E-state index in [1.807, 2.05) is 12.3 Å². The van der Waals surface area contributed by atoms with Gasteiger partial charge in [-0.3, -0.25) is 0 Å². The second-order valence-corrected chi connectivity index (χ2v) is 5.16. The summed E-state index contributed by atoms with van der Waals surface area (Å²) in [4.78, 5) is 1.22. The normalized spacial score (nSPS) is 20.2. The van der Waals surface area contributed by atoms with Crippen molar-refractivity contribution in [1.29, 1.82) is 0 Å². The van der Waals surface area contributed by atoms with Crippen LogP contribution in [0.4, 0.5) is 0 Å². The average molecular weight is 285 g/mol. The maximum Gasteiger partial charge on any atom is 0.110 e. The van der Waals surface area contributed by atoms with Crippen molar-refractivity contribution in [1.82, 2.24) is 9.69 Å². The Bertz CT molecular complexity index is 479. The fourth-order valence-electron chi connectivity index (χ4n) is 1.91. The Morgan fingerprint density at radius 3 is 3.33 bits per heavy atom. The molecule has 0 aromatic carbocycles. The highest BCUT2D eigenvalue weighted by molar-refractivity contribution is 9.10. The highest BCUT2D eigenvalue weighted by atomic mass is 79.9. The molecule has 1 aliphatic rings. The van der Waals surface area contributed by atoms with E-state index >= 15 is 0 Å². The van der Waals surface area contributed by atoms with Crippen LogP contribution in [0, 0.1) is 0 Å². The molecular weight excluding hydrogens is 276 g/mol. The molecule has 2 aromatic heterocycles. The monoisotopic (exact) mass is 284 g/mol. The SMILES string of the molecule is Brc1cnsc1C1NCCc2occc21. The summed E-state index contributed by atoms with van der Waals surface area (Å²) in [5.74, 6) is 1.10. The fourth-order valence-corrected chi connectivity index (χ4v) is 3.32. The molecule has 0 aliphatic carbocycles. The van der Waals surface area contributed by atoms with Gasteiger partial charge < -0.3 is 9.73 Å². The number of nitrogens with zero attached hydrogens (tertiary/aromatic N) is 1. The van der Waals surface area contributed by atoms with Crippen molar-refractivity contribution in [2.75, 3.05) is 6.54 Å². The summed E-state index contributed by atoms with van der Waals surface area (Å²) in [5, 5.41) is 3.49. The number of fused-ring (bicyclic) bond motifs is 1. The molecular formula is C10H9BrN2OS. The maximum absolute atomic E-state index is 5.45. The minimum absolute atomic E-state index is 0.231. The predicted molar refractivity (Wildman–Crippen MR) is 62.1 cm³/mol. The first-order valence-electron chi connectivity index (χ1n) is 4.76. The van der Waals surface area contributed by atoms with Crippen molar-refractivity contribution < 1.29 is 4.42 Å². The third kappa shape index (κ3) is 1.55. The molecule has 15 heavy (non-hydrogen) atoms. The molecule has 3 heterocycles. The maximum atomic E-state index is 5.45. The molecule has 0 saturated heterocycles. The number of aromatic nitrogens is 1. The van der Waals surface area contributed by atoms with Gasteiger partial charge in [-0.1, -0.05) is 0 Å². The van der Waals surface area contributed by atoms with Crippen LogP contribution in [-0.4, -0.2) is 10.9 Å². The zero-order valence-corrected chi connectivity index (χ0v) is 10.3. The van der Waals surface area contributed by atoms with Crippen LogP contribution in [0.1, 0.15) is 22.2 Å². The molecule has 3 nitrogen and oxygen atoms in total. The fraction of sp³-hybridized carbons (Fsp3) is 0.300. The van der Waals surface area contributed by atoms with Crippen LogP contribution < -0.4 is 5.32 Å². The van der Waals surface area contributed by atoms with E-state index in [0.29, 0.717) is 0 Å². The number of nitrogens with one attached hydrogen (secondary N) is 1. The standard InChI is InChI=1S/C10H9BrN2OS/c11-7-5-13-15-10(7)9-6-2-4-14-8(6)1-3-12-9/h2,4-5,9,12H,1,3H2. The Hall–Kier alpha value is -0.650. The van der Waals surface area contributed by atoms with Gasteiger partial charge in [-0.2, -0.15) is 4.37 Å². The van der Waals surface area contributed by atoms with Gasteiger partial charge in [-0.15, -0.1) is 0 Å². The molecule has 0 saturated carbocycles. The lowest BCUT2D eigenvalue weighted by Gasteiger charge is -2.22. The van der Waals surface area contributed by atoms with Crippen LogP contribution in [0.5, 0.6) is 0 Å². The van der Waals surface area contributed by atoms with Gasteiger partial charge in [0.25, 0.3) is 0 Å². The van der Waals surface area contributed by atoms with Gasteiger partial charge in [-0.05, 0) is 33.5 Å². The molecule has 1 N–H and O–H groups in total. The van der Waals surface area contributed by atoms with E-state index in [1.165, 1.54) is 22.0 Å². The second-order valence-electron chi connectivity index (χ2n) is 3.47. The Balaban J connectivity index is 2.07. The van der Waals surface area contributed by atoms with E-state index in [1.54, 1.807) is 6.26 Å². The molecule has 0 radical (unpaired) electrons. The van der Waals surface area contributed by atoms with Gasteiger partial charge in [0.2, 0.25) is 0 Å². The molecule has 1 unspecified atom stereocenters. The van der Waals surface area contributed by atoms with E-state index in [-0.39, 0.29) is 6.04 Å². The minimum atomic E-state index is 0.231. The molecule has 0 amide bonds. The minimum Gasteiger partial charge on any atom is -0.469 e. The van der Waals surface area contributed by atoms with E-state index < -0.39 is 0 Å². The summed E-state index contributed by atoms with van der Waals surface area (Å²) in [7, 11) is 0. The lowest BCUT2D eigenvalue weighted by atomic mass is 10.0. The van der Waals surface area contributed by atoms with E-state index in [0.717, 1.165) is 23.2 Å². The van der Waals surface area contributed by atoms with Crippen molar-refractivity contribution in [2.45, 2.75) is 12.5 Å². The Morgan fingerprint density at radius 2 is 2.53 bits per heavy atom. The van der Waals surface area contributed by atoms with Crippen molar-refractivity contribution in [3.8, 4) is 0 Å². The van der Waals surface area contributed by atoms with E-state index in [4.69, 9.17) is 4.42 Å². The molecule has 0 bridgehead atoms. The van der Waals surface area contributed by atoms with Gasteiger partial charge in [0, 0.05) is 18.5 Å². The van der Waals surface area contributed by atoms with Crippen molar-refractivity contribution in [3.05, 3.63) is 39.2 Å². The quantitative estimate of drug-likeness (QED) is 0.875. The first-order chi connectivity index (χ1) is 7.36. The third-order valence-electron chi connectivity index (χ3n) is 2.61. The van der Waals surface area contributed by atoms with Gasteiger partial charge in [0.1, 0.15) is 5.76 Å². The topological polar surface area (TPSA) is 38.1 Å². The summed E-state index contributed by atoms with van der Waals surface area (Å²) < 4.78 is 10.7. The molecule has 78 valence electrons. The third-order valence-corrected chi connectivity index (χ3v) is 4.36. The van der Waals surface area contributed by atoms with Crippen LogP contribution in [0.3, 0.4) is 0 Å². The second kappa shape index (κ2) is 3.73. The van der Waals surface area contributed by atoms with E-state index in [9.17, 15) is 0 Å². The largest absolute Gasteiger partial charge is 0.469 e. The summed E-state index contributed by atoms with van der Waals surface area (Å²) in [6.45, 7) is 0.954. The van der Waals surface area contributed by atoms with Crippen LogP contribution in [0.15, 0.2) is 27.4 Å². The van der Waals surface area contributed by atoms with Crippen molar-refractivity contribution in [2.24, 2.45) is 0 Å². The Labute approximate surface area is 99.8 Å². The molecule has 5 heteroatoms. The molecule has 0 fully saturated rings. The summed E-state index contributed by atoms with van der Waals surface area (Å²) in [5.41, 5.74) is 1.24. The first-order valence-corrected chi connectivity index (χ1v) is 6.32. The van der Waals surface area contributed by atoms with Crippen LogP contribution in [0.2, 0.25) is 0 Å². The van der Waals surface area contributed by atoms with Crippen LogP contribution >= 0.6 is 27.5 Å². The first kappa shape index (κ1) is 9.57. The van der Waals surface area contributed by atoms with Gasteiger partial charge in [-0.25, -0.2) is 0 Å². The van der Waals surface area contributed by atoms with Gasteiger partial charge in [0.15, 0.2) is 0 Å². The molecule has 1 atom stereocenters. The number of furan rings is 1. The Morgan fingerprint density at radius 1 is 1.60 bits per heavy atom. The highest BCUT2D eigenvalue weighted by Gasteiger charge is 2.26. The van der Waals surface area contributed by atoms with Crippen LogP contribution in [0.25, 0.3) is 0 Å². The zero-order chi connectivity index (χ0) is 10.3. The molecule has 1 aliphatic heterocycles. The van der Waals surface area contributed by atoms with Crippen molar-refractivity contribution in [3.63, 3.8) is 0 Å². The van der Waals surface area contributed by atoms with Crippen LogP contribution in [-0.2, 0) is 6.42 Å². The number of hydrogen-bond donors (Lipinski definition) is 1. The summed E-state index contributed by atoms with van der Waals surface area (Å²) in [6.07, 6.45) is 4.57. The van der Waals surface area contributed by atoms with Gasteiger partial charge >= 0.3 is 0 Å².